The van der Waals surface area contributed by atoms with Gasteiger partial charge in [-0.05, 0) is 12.1 Å². The summed E-state index contributed by atoms with van der Waals surface area (Å²) in [5.74, 6) is 0.894. The molecule has 0 spiro atoms. The van der Waals surface area contributed by atoms with Crippen LogP contribution in [0.15, 0.2) is 34.9 Å². The smallest absolute Gasteiger partial charge is 0.137 e. The van der Waals surface area contributed by atoms with Crippen molar-refractivity contribution in [3.8, 4) is 11.4 Å². The molecule has 4 nitrogen and oxygen atoms in total. The van der Waals surface area contributed by atoms with Crippen molar-refractivity contribution in [2.75, 3.05) is 20.3 Å². The number of hydrogen-bond acceptors (Lipinski definition) is 3. The Kier molecular flexibility index (Phi) is 4.92. The lowest BCUT2D eigenvalue weighted by Crippen LogP contribution is -2.18. The lowest BCUT2D eigenvalue weighted by Gasteiger charge is -2.01. The summed E-state index contributed by atoms with van der Waals surface area (Å²) >= 11 is 3.42. The molecule has 0 saturated heterocycles. The van der Waals surface area contributed by atoms with Crippen LogP contribution < -0.4 is 5.32 Å². The van der Waals surface area contributed by atoms with E-state index in [1.165, 1.54) is 0 Å². The highest BCUT2D eigenvalue weighted by atomic mass is 79.9. The van der Waals surface area contributed by atoms with E-state index in [1.54, 1.807) is 7.11 Å². The molecule has 1 heterocycles. The van der Waals surface area contributed by atoms with Gasteiger partial charge in [0.1, 0.15) is 5.82 Å². The molecule has 0 aliphatic rings. The standard InChI is InChI=1S/C13H16BrN3O/c1-18-7-6-15-8-12-9-16-13(17-12)10-2-4-11(14)5-3-10/h2-5,9,15H,6-8H2,1H3,(H,16,17). The molecule has 0 fully saturated rings. The predicted octanol–water partition coefficient (Wildman–Crippen LogP) is 2.58. The number of aromatic amines is 1. The summed E-state index contributed by atoms with van der Waals surface area (Å²) in [4.78, 5) is 7.67. The fraction of sp³-hybridized carbons (Fsp3) is 0.308. The third-order valence-electron chi connectivity index (χ3n) is 2.54. The molecule has 96 valence electrons. The third kappa shape index (κ3) is 3.66. The molecule has 0 atom stereocenters. The Morgan fingerprint density at radius 1 is 1.33 bits per heavy atom. The first kappa shape index (κ1) is 13.3. The maximum atomic E-state index is 4.97. The van der Waals surface area contributed by atoms with Crippen LogP contribution in [0.5, 0.6) is 0 Å². The Labute approximate surface area is 115 Å². The Morgan fingerprint density at radius 3 is 2.83 bits per heavy atom. The number of ether oxygens (including phenoxy) is 1. The second-order valence-electron chi connectivity index (χ2n) is 3.93. The van der Waals surface area contributed by atoms with E-state index in [0.717, 1.165) is 34.6 Å². The molecule has 5 heteroatoms. The highest BCUT2D eigenvalue weighted by molar-refractivity contribution is 9.10. The van der Waals surface area contributed by atoms with Crippen LogP contribution in [0.2, 0.25) is 0 Å². The summed E-state index contributed by atoms with van der Waals surface area (Å²) in [6.07, 6.45) is 1.86. The predicted molar refractivity (Wildman–Crippen MR) is 75.3 cm³/mol. The van der Waals surface area contributed by atoms with E-state index < -0.39 is 0 Å². The monoisotopic (exact) mass is 309 g/mol. The fourth-order valence-corrected chi connectivity index (χ4v) is 1.87. The van der Waals surface area contributed by atoms with Gasteiger partial charge in [0.25, 0.3) is 0 Å². The molecule has 2 N–H and O–H groups in total. The number of rotatable bonds is 6. The van der Waals surface area contributed by atoms with Gasteiger partial charge in [0.2, 0.25) is 0 Å². The van der Waals surface area contributed by atoms with E-state index in [9.17, 15) is 0 Å². The fourth-order valence-electron chi connectivity index (χ4n) is 1.60. The number of imidazole rings is 1. The summed E-state index contributed by atoms with van der Waals surface area (Å²) in [6, 6.07) is 8.08. The van der Waals surface area contributed by atoms with Gasteiger partial charge in [-0.1, -0.05) is 28.1 Å². The van der Waals surface area contributed by atoms with E-state index in [4.69, 9.17) is 4.74 Å². The Balaban J connectivity index is 1.95. The number of methoxy groups -OCH3 is 1. The zero-order valence-electron chi connectivity index (χ0n) is 10.2. The van der Waals surface area contributed by atoms with Gasteiger partial charge in [0.15, 0.2) is 0 Å². The number of benzene rings is 1. The van der Waals surface area contributed by atoms with Gasteiger partial charge in [-0.2, -0.15) is 0 Å². The maximum absolute atomic E-state index is 4.97. The van der Waals surface area contributed by atoms with Gasteiger partial charge in [0.05, 0.1) is 6.61 Å². The van der Waals surface area contributed by atoms with Crippen molar-refractivity contribution in [1.29, 1.82) is 0 Å². The summed E-state index contributed by atoms with van der Waals surface area (Å²) in [7, 11) is 1.70. The molecule has 0 saturated carbocycles. The van der Waals surface area contributed by atoms with Crippen LogP contribution in [-0.4, -0.2) is 30.2 Å². The van der Waals surface area contributed by atoms with E-state index in [1.807, 2.05) is 30.5 Å². The van der Waals surface area contributed by atoms with Crippen molar-refractivity contribution in [2.45, 2.75) is 6.54 Å². The van der Waals surface area contributed by atoms with Crippen LogP contribution in [0.4, 0.5) is 0 Å². The van der Waals surface area contributed by atoms with Crippen molar-refractivity contribution in [1.82, 2.24) is 15.3 Å². The number of nitrogens with zero attached hydrogens (tertiary/aromatic N) is 1. The number of nitrogens with one attached hydrogen (secondary N) is 2. The van der Waals surface area contributed by atoms with Crippen molar-refractivity contribution in [2.24, 2.45) is 0 Å². The van der Waals surface area contributed by atoms with Crippen molar-refractivity contribution in [3.63, 3.8) is 0 Å². The summed E-state index contributed by atoms with van der Waals surface area (Å²) in [5.41, 5.74) is 2.16. The summed E-state index contributed by atoms with van der Waals surface area (Å²) in [6.45, 7) is 2.32. The molecule has 2 rings (SSSR count). The van der Waals surface area contributed by atoms with Gasteiger partial charge in [-0.3, -0.25) is 0 Å². The molecule has 2 aromatic rings. The highest BCUT2D eigenvalue weighted by Crippen LogP contribution is 2.18. The van der Waals surface area contributed by atoms with Crippen LogP contribution in [0.3, 0.4) is 0 Å². The Morgan fingerprint density at radius 2 is 2.11 bits per heavy atom. The van der Waals surface area contributed by atoms with E-state index in [2.05, 4.69) is 31.2 Å². The van der Waals surface area contributed by atoms with Crippen LogP contribution in [0.1, 0.15) is 5.69 Å². The largest absolute Gasteiger partial charge is 0.383 e. The second-order valence-corrected chi connectivity index (χ2v) is 4.85. The minimum atomic E-state index is 0.716. The van der Waals surface area contributed by atoms with Gasteiger partial charge < -0.3 is 15.0 Å². The average molecular weight is 310 g/mol. The number of halogens is 1. The molecule has 18 heavy (non-hydrogen) atoms. The van der Waals surface area contributed by atoms with Crippen molar-refractivity contribution in [3.05, 3.63) is 40.6 Å². The molecule has 0 amide bonds. The molecule has 0 bridgehead atoms. The summed E-state index contributed by atoms with van der Waals surface area (Å²) < 4.78 is 6.04. The quantitative estimate of drug-likeness (QED) is 0.806. The van der Waals surface area contributed by atoms with Crippen LogP contribution in [-0.2, 0) is 11.3 Å². The highest BCUT2D eigenvalue weighted by Gasteiger charge is 2.03. The molecule has 0 unspecified atom stereocenters. The minimum Gasteiger partial charge on any atom is -0.383 e. The van der Waals surface area contributed by atoms with Crippen LogP contribution in [0, 0.1) is 0 Å². The molecule has 0 radical (unpaired) electrons. The maximum Gasteiger partial charge on any atom is 0.137 e. The molecule has 0 aliphatic carbocycles. The van der Waals surface area contributed by atoms with E-state index in [-0.39, 0.29) is 0 Å². The number of hydrogen-bond donors (Lipinski definition) is 2. The van der Waals surface area contributed by atoms with Gasteiger partial charge in [0, 0.05) is 42.1 Å². The Bertz CT molecular complexity index is 481. The lowest BCUT2D eigenvalue weighted by atomic mass is 10.2. The molecule has 0 aliphatic heterocycles. The first-order valence-electron chi connectivity index (χ1n) is 5.79. The third-order valence-corrected chi connectivity index (χ3v) is 3.07. The SMILES string of the molecule is COCCNCc1cnc(-c2ccc(Br)cc2)[nH]1. The van der Waals surface area contributed by atoms with Gasteiger partial charge >= 0.3 is 0 Å². The number of H-pyrrole nitrogens is 1. The van der Waals surface area contributed by atoms with Crippen LogP contribution in [0.25, 0.3) is 11.4 Å². The van der Waals surface area contributed by atoms with Crippen LogP contribution >= 0.6 is 15.9 Å². The lowest BCUT2D eigenvalue weighted by molar-refractivity contribution is 0.199. The van der Waals surface area contributed by atoms with Gasteiger partial charge in [-0.25, -0.2) is 4.98 Å². The minimum absolute atomic E-state index is 0.716. The molecular weight excluding hydrogens is 294 g/mol. The first-order chi connectivity index (χ1) is 8.79. The Hall–Kier alpha value is -1.17. The zero-order valence-corrected chi connectivity index (χ0v) is 11.8. The molecule has 1 aromatic carbocycles. The molecular formula is C13H16BrN3O. The van der Waals surface area contributed by atoms with Crippen molar-refractivity contribution < 1.29 is 4.74 Å². The normalized spacial score (nSPS) is 10.8. The first-order valence-corrected chi connectivity index (χ1v) is 6.58. The van der Waals surface area contributed by atoms with Gasteiger partial charge in [-0.15, -0.1) is 0 Å². The number of aromatic nitrogens is 2. The zero-order chi connectivity index (χ0) is 12.8. The van der Waals surface area contributed by atoms with E-state index >= 15 is 0 Å². The second kappa shape index (κ2) is 6.68. The molecule has 1 aromatic heterocycles. The van der Waals surface area contributed by atoms with Crippen molar-refractivity contribution >= 4 is 15.9 Å². The average Bonchev–Trinajstić information content (AvgIpc) is 2.84. The summed E-state index contributed by atoms with van der Waals surface area (Å²) in [5, 5.41) is 3.27. The topological polar surface area (TPSA) is 49.9 Å². The van der Waals surface area contributed by atoms with E-state index in [0.29, 0.717) is 6.61 Å².